The molecule has 1 aromatic rings. The third kappa shape index (κ3) is 3.61. The van der Waals surface area contributed by atoms with Crippen molar-refractivity contribution < 1.29 is 13.2 Å². The largest absolute Gasteiger partial charge is 0.419 e. The van der Waals surface area contributed by atoms with E-state index in [-0.39, 0.29) is 11.9 Å². The van der Waals surface area contributed by atoms with Crippen LogP contribution in [0.5, 0.6) is 0 Å². The quantitative estimate of drug-likeness (QED) is 0.877. The average molecular weight is 272 g/mol. The van der Waals surface area contributed by atoms with Crippen LogP contribution in [-0.2, 0) is 6.18 Å². The first-order valence-corrected chi connectivity index (χ1v) is 6.79. The third-order valence-electron chi connectivity index (χ3n) is 3.81. The number of halogens is 3. The minimum atomic E-state index is -4.35. The van der Waals surface area contributed by atoms with Gasteiger partial charge in [0.05, 0.1) is 5.56 Å². The van der Waals surface area contributed by atoms with Crippen LogP contribution in [-0.4, -0.2) is 11.0 Å². The number of alkyl halides is 3. The number of nitrogens with zero attached hydrogens (tertiary/aromatic N) is 1. The molecule has 1 fully saturated rings. The van der Waals surface area contributed by atoms with Crippen molar-refractivity contribution in [3.63, 3.8) is 0 Å². The van der Waals surface area contributed by atoms with Crippen LogP contribution in [0.1, 0.15) is 44.6 Å². The molecule has 2 nitrogen and oxygen atoms in total. The predicted octanol–water partition coefficient (Wildman–Crippen LogP) is 4.48. The number of anilines is 1. The number of hydrogen-bond acceptors (Lipinski definition) is 2. The summed E-state index contributed by atoms with van der Waals surface area (Å²) in [7, 11) is 0. The van der Waals surface area contributed by atoms with E-state index in [1.54, 1.807) is 0 Å². The van der Waals surface area contributed by atoms with Crippen LogP contribution < -0.4 is 5.32 Å². The highest BCUT2D eigenvalue weighted by Crippen LogP contribution is 2.35. The molecule has 0 spiro atoms. The highest BCUT2D eigenvalue weighted by molar-refractivity contribution is 5.46. The number of aromatic nitrogens is 1. The first-order valence-electron chi connectivity index (χ1n) is 6.79. The van der Waals surface area contributed by atoms with E-state index in [2.05, 4.69) is 17.2 Å². The first kappa shape index (κ1) is 14.2. The van der Waals surface area contributed by atoms with Gasteiger partial charge >= 0.3 is 6.18 Å². The minimum absolute atomic E-state index is 0.0308. The molecule has 19 heavy (non-hydrogen) atoms. The Kier molecular flexibility index (Phi) is 4.32. The zero-order valence-electron chi connectivity index (χ0n) is 11.0. The van der Waals surface area contributed by atoms with E-state index < -0.39 is 11.7 Å². The summed E-state index contributed by atoms with van der Waals surface area (Å²) in [5.74, 6) is 0.584. The molecule has 5 heteroatoms. The van der Waals surface area contributed by atoms with Crippen molar-refractivity contribution in [1.29, 1.82) is 0 Å². The maximum atomic E-state index is 12.9. The van der Waals surface area contributed by atoms with Crippen molar-refractivity contribution in [2.24, 2.45) is 5.92 Å². The number of rotatable bonds is 3. The molecule has 1 N–H and O–H groups in total. The van der Waals surface area contributed by atoms with Crippen LogP contribution in [0.15, 0.2) is 18.3 Å². The SMILES string of the molecule is CCC1CCCC(Nc2ncccc2C(F)(F)F)C1. The van der Waals surface area contributed by atoms with E-state index in [9.17, 15) is 13.2 Å². The molecule has 1 saturated carbocycles. The summed E-state index contributed by atoms with van der Waals surface area (Å²) < 4.78 is 38.6. The Balaban J connectivity index is 2.11. The van der Waals surface area contributed by atoms with Gasteiger partial charge in [-0.2, -0.15) is 13.2 Å². The molecule has 106 valence electrons. The third-order valence-corrected chi connectivity index (χ3v) is 3.81. The Labute approximate surface area is 111 Å². The molecule has 0 radical (unpaired) electrons. The van der Waals surface area contributed by atoms with E-state index in [4.69, 9.17) is 0 Å². The summed E-state index contributed by atoms with van der Waals surface area (Å²) in [4.78, 5) is 3.86. The lowest BCUT2D eigenvalue weighted by Crippen LogP contribution is -2.28. The molecular formula is C14H19F3N2. The molecule has 0 bridgehead atoms. The van der Waals surface area contributed by atoms with Crippen molar-refractivity contribution >= 4 is 5.82 Å². The molecule has 2 unspecified atom stereocenters. The standard InChI is InChI=1S/C14H19F3N2/c1-2-10-5-3-6-11(9-10)19-13-12(14(15,16)17)7-4-8-18-13/h4,7-8,10-11H,2-3,5-6,9H2,1H3,(H,18,19). The Bertz CT molecular complexity index is 417. The van der Waals surface area contributed by atoms with E-state index in [1.807, 2.05) is 0 Å². The van der Waals surface area contributed by atoms with Gasteiger partial charge in [-0.1, -0.05) is 26.2 Å². The van der Waals surface area contributed by atoms with E-state index in [0.717, 1.165) is 31.7 Å². The van der Waals surface area contributed by atoms with Crippen molar-refractivity contribution in [1.82, 2.24) is 4.98 Å². The molecule has 2 rings (SSSR count). The van der Waals surface area contributed by atoms with Crippen molar-refractivity contribution in [3.8, 4) is 0 Å². The maximum Gasteiger partial charge on any atom is 0.419 e. The molecule has 1 aromatic heterocycles. The first-order chi connectivity index (χ1) is 9.00. The lowest BCUT2D eigenvalue weighted by Gasteiger charge is -2.30. The number of pyridine rings is 1. The second-order valence-electron chi connectivity index (χ2n) is 5.18. The van der Waals surface area contributed by atoms with Gasteiger partial charge in [0.25, 0.3) is 0 Å². The Morgan fingerprint density at radius 1 is 1.37 bits per heavy atom. The van der Waals surface area contributed by atoms with Crippen molar-refractivity contribution in [2.45, 2.75) is 51.2 Å². The van der Waals surface area contributed by atoms with Gasteiger partial charge in [0, 0.05) is 12.2 Å². The topological polar surface area (TPSA) is 24.9 Å². The molecule has 1 aliphatic rings. The molecule has 2 atom stereocenters. The van der Waals surface area contributed by atoms with E-state index in [0.29, 0.717) is 5.92 Å². The fourth-order valence-electron chi connectivity index (χ4n) is 2.74. The zero-order chi connectivity index (χ0) is 13.9. The average Bonchev–Trinajstić information content (AvgIpc) is 2.38. The lowest BCUT2D eigenvalue weighted by atomic mass is 9.84. The fourth-order valence-corrected chi connectivity index (χ4v) is 2.74. The van der Waals surface area contributed by atoms with Gasteiger partial charge in [-0.3, -0.25) is 0 Å². The van der Waals surface area contributed by atoms with Crippen LogP contribution in [0, 0.1) is 5.92 Å². The van der Waals surface area contributed by atoms with Gasteiger partial charge in [-0.05, 0) is 30.9 Å². The smallest absolute Gasteiger partial charge is 0.367 e. The summed E-state index contributed by atoms with van der Waals surface area (Å²) in [6.07, 6.45) is 2.25. The van der Waals surface area contributed by atoms with E-state index >= 15 is 0 Å². The van der Waals surface area contributed by atoms with Gasteiger partial charge in [-0.15, -0.1) is 0 Å². The minimum Gasteiger partial charge on any atom is -0.367 e. The van der Waals surface area contributed by atoms with E-state index in [1.165, 1.54) is 18.7 Å². The monoisotopic (exact) mass is 272 g/mol. The zero-order valence-corrected chi connectivity index (χ0v) is 11.0. The second-order valence-corrected chi connectivity index (χ2v) is 5.18. The van der Waals surface area contributed by atoms with Crippen LogP contribution in [0.2, 0.25) is 0 Å². The molecule has 1 heterocycles. The van der Waals surface area contributed by atoms with Crippen LogP contribution >= 0.6 is 0 Å². The summed E-state index contributed by atoms with van der Waals surface area (Å²) in [6, 6.07) is 2.51. The molecule has 0 amide bonds. The predicted molar refractivity (Wildman–Crippen MR) is 68.9 cm³/mol. The molecule has 0 aliphatic heterocycles. The Morgan fingerprint density at radius 3 is 2.84 bits per heavy atom. The van der Waals surface area contributed by atoms with Crippen molar-refractivity contribution in [3.05, 3.63) is 23.9 Å². The summed E-state index contributed by atoms with van der Waals surface area (Å²) in [6.45, 7) is 2.13. The molecular weight excluding hydrogens is 253 g/mol. The second kappa shape index (κ2) is 5.80. The molecule has 1 aliphatic carbocycles. The van der Waals surface area contributed by atoms with Crippen molar-refractivity contribution in [2.75, 3.05) is 5.32 Å². The number of nitrogens with one attached hydrogen (secondary N) is 1. The maximum absolute atomic E-state index is 12.9. The normalized spacial score (nSPS) is 24.2. The van der Waals surface area contributed by atoms with Gasteiger partial charge in [0.15, 0.2) is 0 Å². The summed E-state index contributed by atoms with van der Waals surface area (Å²) >= 11 is 0. The highest BCUT2D eigenvalue weighted by atomic mass is 19.4. The molecule has 0 saturated heterocycles. The van der Waals surface area contributed by atoms with Crippen LogP contribution in [0.4, 0.5) is 19.0 Å². The highest BCUT2D eigenvalue weighted by Gasteiger charge is 2.35. The van der Waals surface area contributed by atoms with Gasteiger partial charge < -0.3 is 5.32 Å². The van der Waals surface area contributed by atoms with Crippen LogP contribution in [0.25, 0.3) is 0 Å². The lowest BCUT2D eigenvalue weighted by molar-refractivity contribution is -0.137. The van der Waals surface area contributed by atoms with Gasteiger partial charge in [-0.25, -0.2) is 4.98 Å². The number of hydrogen-bond donors (Lipinski definition) is 1. The molecule has 0 aromatic carbocycles. The fraction of sp³-hybridized carbons (Fsp3) is 0.643. The van der Waals surface area contributed by atoms with Gasteiger partial charge in [0.2, 0.25) is 0 Å². The van der Waals surface area contributed by atoms with Gasteiger partial charge in [0.1, 0.15) is 5.82 Å². The Morgan fingerprint density at radius 2 is 2.16 bits per heavy atom. The van der Waals surface area contributed by atoms with Crippen LogP contribution in [0.3, 0.4) is 0 Å². The summed E-state index contributed by atoms with van der Waals surface area (Å²) in [5.41, 5.74) is -0.673. The Hall–Kier alpha value is -1.26. The summed E-state index contributed by atoms with van der Waals surface area (Å²) in [5, 5.41) is 2.99.